The first-order valence-electron chi connectivity index (χ1n) is 5.44. The Morgan fingerprint density at radius 3 is 2.62 bits per heavy atom. The molecule has 88 valence electrons. The van der Waals surface area contributed by atoms with Crippen molar-refractivity contribution in [3.8, 4) is 0 Å². The summed E-state index contributed by atoms with van der Waals surface area (Å²) < 4.78 is 0. The first kappa shape index (κ1) is 12.6. The zero-order chi connectivity index (χ0) is 12.3. The highest BCUT2D eigenvalue weighted by molar-refractivity contribution is 5.68. The van der Waals surface area contributed by atoms with E-state index in [0.717, 1.165) is 5.69 Å². The molecular weight excluding hydrogens is 202 g/mol. The summed E-state index contributed by atoms with van der Waals surface area (Å²) in [6.45, 7) is 6.05. The fraction of sp³-hybridized carbons (Fsp3) is 0.462. The van der Waals surface area contributed by atoms with Gasteiger partial charge < -0.3 is 10.0 Å². The molecule has 0 heterocycles. The van der Waals surface area contributed by atoms with Crippen LogP contribution in [-0.2, 0) is 4.79 Å². The van der Waals surface area contributed by atoms with Crippen LogP contribution in [0.1, 0.15) is 24.5 Å². The lowest BCUT2D eigenvalue weighted by Crippen LogP contribution is -2.31. The van der Waals surface area contributed by atoms with Gasteiger partial charge in [0.2, 0.25) is 0 Å². The summed E-state index contributed by atoms with van der Waals surface area (Å²) in [6.07, 6.45) is 0.157. The number of benzene rings is 1. The second-order valence-corrected chi connectivity index (χ2v) is 4.28. The lowest BCUT2D eigenvalue weighted by Gasteiger charge is -2.28. The van der Waals surface area contributed by atoms with Crippen molar-refractivity contribution in [2.24, 2.45) is 0 Å². The number of carboxylic acids is 1. The third-order valence-electron chi connectivity index (χ3n) is 3.09. The molecule has 0 saturated carbocycles. The molecule has 0 fully saturated rings. The van der Waals surface area contributed by atoms with Gasteiger partial charge in [-0.25, -0.2) is 0 Å². The Morgan fingerprint density at radius 1 is 1.44 bits per heavy atom. The predicted molar refractivity (Wildman–Crippen MR) is 66.0 cm³/mol. The van der Waals surface area contributed by atoms with Crippen LogP contribution in [0.5, 0.6) is 0 Å². The molecule has 0 bridgehead atoms. The minimum absolute atomic E-state index is 0.00185. The van der Waals surface area contributed by atoms with Crippen LogP contribution in [0.15, 0.2) is 18.2 Å². The Labute approximate surface area is 96.7 Å². The summed E-state index contributed by atoms with van der Waals surface area (Å²) in [5.41, 5.74) is 3.54. The van der Waals surface area contributed by atoms with Gasteiger partial charge in [-0.3, -0.25) is 4.79 Å². The molecule has 0 aliphatic carbocycles. The van der Waals surface area contributed by atoms with Crippen molar-refractivity contribution in [2.75, 3.05) is 11.9 Å². The van der Waals surface area contributed by atoms with Crippen molar-refractivity contribution in [1.82, 2.24) is 0 Å². The number of carbonyl (C=O) groups is 1. The molecule has 0 radical (unpaired) electrons. The maximum absolute atomic E-state index is 10.7. The Morgan fingerprint density at radius 2 is 2.06 bits per heavy atom. The lowest BCUT2D eigenvalue weighted by atomic mass is 10.1. The molecule has 1 aromatic carbocycles. The van der Waals surface area contributed by atoms with E-state index in [0.29, 0.717) is 0 Å². The topological polar surface area (TPSA) is 40.5 Å². The van der Waals surface area contributed by atoms with E-state index in [4.69, 9.17) is 5.11 Å². The SMILES string of the molecule is Cc1cccc(N(C)C(C)CC(=O)O)c1C. The molecule has 0 spiro atoms. The zero-order valence-electron chi connectivity index (χ0n) is 10.3. The van der Waals surface area contributed by atoms with Gasteiger partial charge in [0, 0.05) is 18.8 Å². The number of hydrogen-bond donors (Lipinski definition) is 1. The fourth-order valence-corrected chi connectivity index (χ4v) is 1.74. The molecule has 3 heteroatoms. The van der Waals surface area contributed by atoms with Crippen LogP contribution in [-0.4, -0.2) is 24.2 Å². The molecule has 1 aromatic rings. The van der Waals surface area contributed by atoms with E-state index < -0.39 is 5.97 Å². The molecule has 1 N–H and O–H groups in total. The van der Waals surface area contributed by atoms with Gasteiger partial charge in [0.25, 0.3) is 0 Å². The predicted octanol–water partition coefficient (Wildman–Crippen LogP) is 2.60. The molecule has 1 rings (SSSR count). The summed E-state index contributed by atoms with van der Waals surface area (Å²) in [4.78, 5) is 12.7. The molecule has 0 aromatic heterocycles. The van der Waals surface area contributed by atoms with E-state index >= 15 is 0 Å². The number of hydrogen-bond acceptors (Lipinski definition) is 2. The maximum atomic E-state index is 10.7. The van der Waals surface area contributed by atoms with Gasteiger partial charge in [-0.15, -0.1) is 0 Å². The van der Waals surface area contributed by atoms with Gasteiger partial charge in [0.15, 0.2) is 0 Å². The Balaban J connectivity index is 2.91. The Kier molecular flexibility index (Phi) is 3.93. The third-order valence-corrected chi connectivity index (χ3v) is 3.09. The Bertz CT molecular complexity index is 388. The highest BCUT2D eigenvalue weighted by atomic mass is 16.4. The van der Waals surface area contributed by atoms with Crippen molar-refractivity contribution in [2.45, 2.75) is 33.2 Å². The van der Waals surface area contributed by atoms with Gasteiger partial charge in [0.05, 0.1) is 6.42 Å². The first-order valence-corrected chi connectivity index (χ1v) is 5.44. The number of nitrogens with zero attached hydrogens (tertiary/aromatic N) is 1. The van der Waals surface area contributed by atoms with Crippen LogP contribution < -0.4 is 4.90 Å². The van der Waals surface area contributed by atoms with E-state index in [9.17, 15) is 4.79 Å². The summed E-state index contributed by atoms with van der Waals surface area (Å²) >= 11 is 0. The van der Waals surface area contributed by atoms with Gasteiger partial charge in [-0.2, -0.15) is 0 Å². The summed E-state index contributed by atoms with van der Waals surface area (Å²) in [5, 5.41) is 8.78. The van der Waals surface area contributed by atoms with Crippen LogP contribution in [0.4, 0.5) is 5.69 Å². The van der Waals surface area contributed by atoms with Crippen LogP contribution in [0, 0.1) is 13.8 Å². The highest BCUT2D eigenvalue weighted by Crippen LogP contribution is 2.23. The van der Waals surface area contributed by atoms with Crippen LogP contribution in [0.2, 0.25) is 0 Å². The first-order chi connectivity index (χ1) is 7.43. The van der Waals surface area contributed by atoms with E-state index in [1.165, 1.54) is 11.1 Å². The van der Waals surface area contributed by atoms with E-state index in [1.807, 2.05) is 31.0 Å². The van der Waals surface area contributed by atoms with Crippen molar-refractivity contribution in [3.63, 3.8) is 0 Å². The molecule has 0 saturated heterocycles. The number of anilines is 1. The number of aryl methyl sites for hydroxylation is 1. The molecule has 0 aliphatic rings. The van der Waals surface area contributed by atoms with Crippen molar-refractivity contribution in [3.05, 3.63) is 29.3 Å². The molecule has 1 unspecified atom stereocenters. The monoisotopic (exact) mass is 221 g/mol. The second-order valence-electron chi connectivity index (χ2n) is 4.28. The van der Waals surface area contributed by atoms with Crippen LogP contribution in [0.25, 0.3) is 0 Å². The van der Waals surface area contributed by atoms with E-state index in [2.05, 4.69) is 19.9 Å². The van der Waals surface area contributed by atoms with Crippen molar-refractivity contribution >= 4 is 11.7 Å². The molecule has 16 heavy (non-hydrogen) atoms. The quantitative estimate of drug-likeness (QED) is 0.849. The second kappa shape index (κ2) is 5.01. The van der Waals surface area contributed by atoms with E-state index in [-0.39, 0.29) is 12.5 Å². The number of carboxylic acid groups (broad SMARTS) is 1. The fourth-order valence-electron chi connectivity index (χ4n) is 1.74. The average molecular weight is 221 g/mol. The smallest absolute Gasteiger partial charge is 0.305 e. The molecule has 1 atom stereocenters. The normalized spacial score (nSPS) is 12.2. The minimum atomic E-state index is -0.760. The van der Waals surface area contributed by atoms with Crippen molar-refractivity contribution < 1.29 is 9.90 Å². The summed E-state index contributed by atoms with van der Waals surface area (Å²) in [5.74, 6) is -0.760. The van der Waals surface area contributed by atoms with Gasteiger partial charge >= 0.3 is 5.97 Å². The largest absolute Gasteiger partial charge is 0.481 e. The molecule has 0 amide bonds. The number of rotatable bonds is 4. The standard InChI is InChI=1S/C13H19NO2/c1-9-6-5-7-12(11(9)3)14(4)10(2)8-13(15)16/h5-7,10H,8H2,1-4H3,(H,15,16). The minimum Gasteiger partial charge on any atom is -0.481 e. The molecule has 0 aliphatic heterocycles. The third kappa shape index (κ3) is 2.75. The van der Waals surface area contributed by atoms with Gasteiger partial charge in [0.1, 0.15) is 0 Å². The average Bonchev–Trinajstić information content (AvgIpc) is 2.20. The highest BCUT2D eigenvalue weighted by Gasteiger charge is 2.15. The Hall–Kier alpha value is -1.51. The number of aliphatic carboxylic acids is 1. The van der Waals surface area contributed by atoms with E-state index in [1.54, 1.807) is 0 Å². The maximum Gasteiger partial charge on any atom is 0.305 e. The lowest BCUT2D eigenvalue weighted by molar-refractivity contribution is -0.137. The molecular formula is C13H19NO2. The van der Waals surface area contributed by atoms with Crippen LogP contribution >= 0.6 is 0 Å². The van der Waals surface area contributed by atoms with Gasteiger partial charge in [-0.05, 0) is 38.0 Å². The molecule has 3 nitrogen and oxygen atoms in total. The van der Waals surface area contributed by atoms with Crippen LogP contribution in [0.3, 0.4) is 0 Å². The summed E-state index contributed by atoms with van der Waals surface area (Å²) in [6, 6.07) is 6.09. The summed E-state index contributed by atoms with van der Waals surface area (Å²) in [7, 11) is 1.94. The van der Waals surface area contributed by atoms with Crippen molar-refractivity contribution in [1.29, 1.82) is 0 Å². The van der Waals surface area contributed by atoms with Gasteiger partial charge in [-0.1, -0.05) is 12.1 Å². The zero-order valence-corrected chi connectivity index (χ0v) is 10.3.